The quantitative estimate of drug-likeness (QED) is 0.488. The Kier molecular flexibility index (Phi) is 4.80. The van der Waals surface area contributed by atoms with Gasteiger partial charge in [0.25, 0.3) is 0 Å². The Morgan fingerprint density at radius 2 is 1.80 bits per heavy atom. The van der Waals surface area contributed by atoms with Crippen LogP contribution in [0.25, 0.3) is 22.6 Å². The zero-order valence-electron chi connectivity index (χ0n) is 20.2. The van der Waals surface area contributed by atoms with E-state index in [0.29, 0.717) is 5.95 Å². The molecule has 6 heterocycles. The molecule has 0 bridgehead atoms. The van der Waals surface area contributed by atoms with Crippen LogP contribution >= 0.6 is 0 Å². The summed E-state index contributed by atoms with van der Waals surface area (Å²) >= 11 is 0. The summed E-state index contributed by atoms with van der Waals surface area (Å²) in [5.74, 6) is 2.36. The minimum absolute atomic E-state index is 0.0526. The Bertz CT molecular complexity index is 1360. The Morgan fingerprint density at radius 1 is 0.943 bits per heavy atom. The Morgan fingerprint density at radius 3 is 2.60 bits per heavy atom. The second-order valence-corrected chi connectivity index (χ2v) is 10.3. The van der Waals surface area contributed by atoms with Crippen molar-refractivity contribution >= 4 is 28.5 Å². The molecule has 0 radical (unpaired) electrons. The van der Waals surface area contributed by atoms with Crippen molar-refractivity contribution in [2.75, 3.05) is 43.4 Å². The van der Waals surface area contributed by atoms with Gasteiger partial charge in [0.2, 0.25) is 5.95 Å². The molecule has 0 unspecified atom stereocenters. The van der Waals surface area contributed by atoms with Gasteiger partial charge >= 0.3 is 0 Å². The molecule has 3 aliphatic rings. The molecule has 1 spiro atoms. The molecule has 4 aromatic heterocycles. The van der Waals surface area contributed by atoms with E-state index in [1.807, 2.05) is 24.7 Å². The summed E-state index contributed by atoms with van der Waals surface area (Å²) in [4.78, 5) is 23.7. The van der Waals surface area contributed by atoms with Crippen LogP contribution in [0, 0.1) is 0 Å². The lowest BCUT2D eigenvalue weighted by Crippen LogP contribution is -2.44. The van der Waals surface area contributed by atoms with Gasteiger partial charge in [-0.3, -0.25) is 0 Å². The topological polar surface area (TPSA) is 79.9 Å². The number of imidazole rings is 1. The molecule has 0 aromatic carbocycles. The summed E-state index contributed by atoms with van der Waals surface area (Å²) in [6.07, 6.45) is 14.1. The number of nitrogens with zero attached hydrogens (tertiary/aromatic N) is 8. The predicted molar refractivity (Wildman–Crippen MR) is 137 cm³/mol. The number of aromatic nitrogens is 6. The third-order valence-electron chi connectivity index (χ3n) is 8.06. The van der Waals surface area contributed by atoms with Gasteiger partial charge in [-0.1, -0.05) is 19.3 Å². The molecule has 2 fully saturated rings. The highest BCUT2D eigenvalue weighted by Crippen LogP contribution is 2.45. The molecular weight excluding hydrogens is 438 g/mol. The van der Waals surface area contributed by atoms with Gasteiger partial charge in [-0.2, -0.15) is 4.98 Å². The van der Waals surface area contributed by atoms with Crippen LogP contribution in [-0.4, -0.2) is 67.2 Å². The van der Waals surface area contributed by atoms with Crippen molar-refractivity contribution in [2.45, 2.75) is 44.2 Å². The maximum absolute atomic E-state index is 5.02. The third-order valence-corrected chi connectivity index (χ3v) is 8.06. The van der Waals surface area contributed by atoms with Crippen LogP contribution in [-0.2, 0) is 12.1 Å². The van der Waals surface area contributed by atoms with Crippen molar-refractivity contribution in [3.8, 4) is 11.5 Å². The maximum atomic E-state index is 5.02. The molecule has 1 saturated heterocycles. The number of fused-ring (bicyclic) bond motifs is 6. The largest absolute Gasteiger partial charge is 0.368 e. The highest BCUT2D eigenvalue weighted by molar-refractivity contribution is 5.84. The lowest BCUT2D eigenvalue weighted by Gasteiger charge is -2.43. The summed E-state index contributed by atoms with van der Waals surface area (Å²) in [6.45, 7) is 5.18. The van der Waals surface area contributed by atoms with Crippen molar-refractivity contribution in [1.82, 2.24) is 34.0 Å². The average Bonchev–Trinajstić information content (AvgIpc) is 3.50. The number of piperazine rings is 1. The van der Waals surface area contributed by atoms with Crippen molar-refractivity contribution in [3.05, 3.63) is 43.0 Å². The predicted octanol–water partition coefficient (Wildman–Crippen LogP) is 3.86. The van der Waals surface area contributed by atoms with Gasteiger partial charge < -0.3 is 24.3 Å². The summed E-state index contributed by atoms with van der Waals surface area (Å²) < 4.78 is 4.79. The zero-order chi connectivity index (χ0) is 23.4. The van der Waals surface area contributed by atoms with Gasteiger partial charge in [-0.05, 0) is 38.1 Å². The molecule has 9 nitrogen and oxygen atoms in total. The summed E-state index contributed by atoms with van der Waals surface area (Å²) in [6, 6.07) is 6.36. The minimum atomic E-state index is 0.0526. The molecule has 7 rings (SSSR count). The molecule has 1 aliphatic carbocycles. The van der Waals surface area contributed by atoms with E-state index >= 15 is 0 Å². The van der Waals surface area contributed by atoms with Gasteiger partial charge in [0.1, 0.15) is 11.5 Å². The van der Waals surface area contributed by atoms with Crippen LogP contribution < -0.4 is 10.2 Å². The fourth-order valence-electron chi connectivity index (χ4n) is 6.17. The lowest BCUT2D eigenvalue weighted by atomic mass is 9.80. The van der Waals surface area contributed by atoms with Gasteiger partial charge in [-0.25, -0.2) is 15.0 Å². The number of hydrogen-bond acceptors (Lipinski definition) is 7. The molecule has 0 amide bonds. The third kappa shape index (κ3) is 3.48. The van der Waals surface area contributed by atoms with Crippen LogP contribution in [0.3, 0.4) is 0 Å². The lowest BCUT2D eigenvalue weighted by molar-refractivity contribution is 0.163. The molecule has 4 aromatic rings. The van der Waals surface area contributed by atoms with Gasteiger partial charge in [0, 0.05) is 56.7 Å². The second-order valence-electron chi connectivity index (χ2n) is 10.3. The van der Waals surface area contributed by atoms with E-state index in [-0.39, 0.29) is 5.54 Å². The van der Waals surface area contributed by atoms with E-state index in [1.54, 1.807) is 0 Å². The number of nitrogens with one attached hydrogen (secondary N) is 1. The number of hydrogen-bond donors (Lipinski definition) is 1. The normalized spacial score (nSPS) is 19.6. The highest BCUT2D eigenvalue weighted by atomic mass is 15.3. The first kappa shape index (κ1) is 20.9. The van der Waals surface area contributed by atoms with Gasteiger partial charge in [0.05, 0.1) is 23.1 Å². The van der Waals surface area contributed by atoms with E-state index < -0.39 is 0 Å². The molecule has 1 N–H and O–H groups in total. The van der Waals surface area contributed by atoms with Crippen molar-refractivity contribution in [1.29, 1.82) is 0 Å². The maximum Gasteiger partial charge on any atom is 0.230 e. The first-order valence-corrected chi connectivity index (χ1v) is 12.8. The van der Waals surface area contributed by atoms with Gasteiger partial charge in [0.15, 0.2) is 5.82 Å². The molecule has 35 heavy (non-hydrogen) atoms. The summed E-state index contributed by atoms with van der Waals surface area (Å²) in [7, 11) is 2.17. The Hall–Kier alpha value is -3.46. The molecule has 9 heteroatoms. The first-order valence-electron chi connectivity index (χ1n) is 12.8. The smallest absolute Gasteiger partial charge is 0.230 e. The standard InChI is InChI=1S/C26H31N9/c1-32-11-13-33(14-12-32)20-5-6-22(28-17-20)30-25-29-16-19-15-21-24-27-9-10-34(24)18-26(7-3-2-4-8-26)35(21)23(19)31-25/h5-6,9-10,15-17H,2-4,7-8,11-14,18H2,1H3,(H,28,29,30,31). The van der Waals surface area contributed by atoms with Crippen LogP contribution in [0.5, 0.6) is 0 Å². The van der Waals surface area contributed by atoms with Crippen LogP contribution in [0.4, 0.5) is 17.5 Å². The van der Waals surface area contributed by atoms with E-state index in [9.17, 15) is 0 Å². The Labute approximate surface area is 204 Å². The first-order chi connectivity index (χ1) is 17.2. The summed E-state index contributed by atoms with van der Waals surface area (Å²) in [5, 5.41) is 4.40. The number of likely N-dealkylation sites (N-methyl/N-ethyl adjacent to an activating group) is 1. The van der Waals surface area contributed by atoms with Crippen molar-refractivity contribution in [3.63, 3.8) is 0 Å². The van der Waals surface area contributed by atoms with Crippen molar-refractivity contribution in [2.24, 2.45) is 0 Å². The SMILES string of the molecule is CN1CCN(c2ccc(Nc3ncc4cc5n(c4n3)C3(CCCCC3)Cn3ccnc3-5)nc2)CC1. The summed E-state index contributed by atoms with van der Waals surface area (Å²) in [5.41, 5.74) is 3.36. The van der Waals surface area contributed by atoms with Crippen molar-refractivity contribution < 1.29 is 0 Å². The van der Waals surface area contributed by atoms with Crippen LogP contribution in [0.2, 0.25) is 0 Å². The average molecular weight is 470 g/mol. The molecule has 1 saturated carbocycles. The van der Waals surface area contributed by atoms with E-state index in [2.05, 4.69) is 64.6 Å². The fourth-order valence-corrected chi connectivity index (χ4v) is 6.17. The van der Waals surface area contributed by atoms with E-state index in [0.717, 1.165) is 66.8 Å². The molecule has 0 atom stereocenters. The number of rotatable bonds is 3. The van der Waals surface area contributed by atoms with Crippen LogP contribution in [0.15, 0.2) is 43.0 Å². The Balaban J connectivity index is 1.22. The molecule has 180 valence electrons. The van der Waals surface area contributed by atoms with E-state index in [4.69, 9.17) is 4.98 Å². The van der Waals surface area contributed by atoms with Gasteiger partial charge in [-0.15, -0.1) is 0 Å². The minimum Gasteiger partial charge on any atom is -0.368 e. The number of anilines is 3. The highest BCUT2D eigenvalue weighted by Gasteiger charge is 2.41. The monoisotopic (exact) mass is 469 g/mol. The molecular formula is C26H31N9. The molecule has 2 aliphatic heterocycles. The number of pyridine rings is 1. The van der Waals surface area contributed by atoms with E-state index in [1.165, 1.54) is 32.1 Å². The van der Waals surface area contributed by atoms with Crippen LogP contribution in [0.1, 0.15) is 32.1 Å². The zero-order valence-corrected chi connectivity index (χ0v) is 20.2. The fraction of sp³-hybridized carbons (Fsp3) is 0.462. The second kappa shape index (κ2) is 8.05.